The highest BCUT2D eigenvalue weighted by atomic mass is 79.9. The Bertz CT molecular complexity index is 1080. The summed E-state index contributed by atoms with van der Waals surface area (Å²) in [5.41, 5.74) is 2.23. The number of carboxylic acid groups (broad SMARTS) is 1. The topological polar surface area (TPSA) is 73.6 Å². The van der Waals surface area contributed by atoms with E-state index in [1.54, 1.807) is 31.4 Å². The zero-order valence-electron chi connectivity index (χ0n) is 13.8. The van der Waals surface area contributed by atoms with Crippen molar-refractivity contribution < 1.29 is 19.4 Å². The monoisotopic (exact) mass is 468 g/mol. The van der Waals surface area contributed by atoms with Crippen molar-refractivity contribution in [3.8, 4) is 28.4 Å². The van der Waals surface area contributed by atoms with Gasteiger partial charge in [-0.05, 0) is 40.2 Å². The Balaban J connectivity index is 2.03. The maximum Gasteiger partial charge on any atom is 0.356 e. The average Bonchev–Trinajstić information content (AvgIpc) is 3.00. The Morgan fingerprint density at radius 3 is 2.59 bits per heavy atom. The van der Waals surface area contributed by atoms with Crippen molar-refractivity contribution in [2.24, 2.45) is 0 Å². The quantitative estimate of drug-likeness (QED) is 0.570. The van der Waals surface area contributed by atoms with Crippen molar-refractivity contribution in [2.75, 3.05) is 7.11 Å². The fourth-order valence-corrected chi connectivity index (χ4v) is 4.05. The van der Waals surface area contributed by atoms with Crippen LogP contribution in [0.5, 0.6) is 11.5 Å². The molecule has 0 bridgehead atoms. The van der Waals surface area contributed by atoms with E-state index in [1.165, 1.54) is 4.68 Å². The van der Waals surface area contributed by atoms with Gasteiger partial charge in [-0.25, -0.2) is 9.48 Å². The molecule has 1 aromatic heterocycles. The van der Waals surface area contributed by atoms with Gasteiger partial charge in [0, 0.05) is 21.7 Å². The second-order valence-corrected chi connectivity index (χ2v) is 7.52. The molecule has 6 nitrogen and oxygen atoms in total. The van der Waals surface area contributed by atoms with E-state index in [4.69, 9.17) is 32.7 Å². The number of benzene rings is 2. The number of methoxy groups -OCH3 is 1. The Kier molecular flexibility index (Phi) is 4.53. The Hall–Kier alpha value is -2.22. The molecular formula is C18H11BrCl2N2O4. The highest BCUT2D eigenvalue weighted by Crippen LogP contribution is 2.45. The second-order valence-electron chi connectivity index (χ2n) is 5.79. The highest BCUT2D eigenvalue weighted by Gasteiger charge is 2.31. The fraction of sp³-hybridized carbons (Fsp3) is 0.111. The summed E-state index contributed by atoms with van der Waals surface area (Å²) in [7, 11) is 1.56. The van der Waals surface area contributed by atoms with Crippen LogP contribution in [0, 0.1) is 0 Å². The van der Waals surface area contributed by atoms with Gasteiger partial charge in [-0.2, -0.15) is 5.10 Å². The van der Waals surface area contributed by atoms with Gasteiger partial charge < -0.3 is 14.6 Å². The molecule has 0 saturated carbocycles. The van der Waals surface area contributed by atoms with E-state index >= 15 is 0 Å². The first-order valence-electron chi connectivity index (χ1n) is 7.71. The lowest BCUT2D eigenvalue weighted by atomic mass is 10.0. The molecule has 2 aromatic carbocycles. The molecule has 4 rings (SSSR count). The first-order chi connectivity index (χ1) is 12.9. The summed E-state index contributed by atoms with van der Waals surface area (Å²) in [5.74, 6) is 0.0269. The number of hydrogen-bond donors (Lipinski definition) is 1. The van der Waals surface area contributed by atoms with Gasteiger partial charge >= 0.3 is 5.97 Å². The van der Waals surface area contributed by atoms with E-state index in [9.17, 15) is 9.90 Å². The zero-order valence-corrected chi connectivity index (χ0v) is 16.9. The summed E-state index contributed by atoms with van der Waals surface area (Å²) >= 11 is 15.7. The molecule has 0 aliphatic carbocycles. The highest BCUT2D eigenvalue weighted by molar-refractivity contribution is 9.10. The lowest BCUT2D eigenvalue weighted by Crippen LogP contribution is -2.10. The summed E-state index contributed by atoms with van der Waals surface area (Å²) in [4.78, 5) is 11.7. The molecule has 138 valence electrons. The Morgan fingerprint density at radius 1 is 1.26 bits per heavy atom. The third kappa shape index (κ3) is 3.05. The van der Waals surface area contributed by atoms with E-state index < -0.39 is 5.97 Å². The van der Waals surface area contributed by atoms with Gasteiger partial charge in [0.25, 0.3) is 0 Å². The second kappa shape index (κ2) is 6.74. The van der Waals surface area contributed by atoms with Crippen LogP contribution in [0.15, 0.2) is 34.8 Å². The molecule has 0 amide bonds. The fourth-order valence-electron chi connectivity index (χ4n) is 3.03. The van der Waals surface area contributed by atoms with Gasteiger partial charge in [-0.3, -0.25) is 0 Å². The Morgan fingerprint density at radius 2 is 1.96 bits per heavy atom. The molecule has 9 heteroatoms. The van der Waals surface area contributed by atoms with Crippen molar-refractivity contribution in [3.05, 3.63) is 56.1 Å². The molecule has 1 N–H and O–H groups in total. The number of fused-ring (bicyclic) bond motifs is 3. The van der Waals surface area contributed by atoms with Crippen molar-refractivity contribution in [2.45, 2.75) is 6.61 Å². The number of nitrogens with zero attached hydrogens (tertiary/aromatic N) is 2. The zero-order chi connectivity index (χ0) is 19.3. The van der Waals surface area contributed by atoms with E-state index in [1.807, 2.05) is 6.07 Å². The number of carboxylic acids is 1. The van der Waals surface area contributed by atoms with E-state index in [0.717, 1.165) is 0 Å². The summed E-state index contributed by atoms with van der Waals surface area (Å²) in [6.07, 6.45) is 0. The average molecular weight is 470 g/mol. The van der Waals surface area contributed by atoms with Gasteiger partial charge in [-0.15, -0.1) is 0 Å². The minimum atomic E-state index is -1.14. The summed E-state index contributed by atoms with van der Waals surface area (Å²) in [5, 5.41) is 14.7. The summed E-state index contributed by atoms with van der Waals surface area (Å²) < 4.78 is 13.3. The minimum Gasteiger partial charge on any atom is -0.495 e. The number of aromatic carboxylic acids is 1. The van der Waals surface area contributed by atoms with Crippen molar-refractivity contribution in [3.63, 3.8) is 0 Å². The number of ether oxygens (including phenoxy) is 2. The molecular weight excluding hydrogens is 459 g/mol. The molecule has 0 fully saturated rings. The van der Waals surface area contributed by atoms with Crippen LogP contribution in [0.25, 0.3) is 16.9 Å². The lowest BCUT2D eigenvalue weighted by molar-refractivity contribution is 0.0687. The van der Waals surface area contributed by atoms with Gasteiger partial charge in [0.05, 0.1) is 28.5 Å². The van der Waals surface area contributed by atoms with E-state index in [-0.39, 0.29) is 12.3 Å². The van der Waals surface area contributed by atoms with Crippen LogP contribution < -0.4 is 9.47 Å². The van der Waals surface area contributed by atoms with Crippen molar-refractivity contribution in [1.82, 2.24) is 9.78 Å². The molecule has 0 spiro atoms. The van der Waals surface area contributed by atoms with Crippen LogP contribution in [0.4, 0.5) is 0 Å². The van der Waals surface area contributed by atoms with Gasteiger partial charge in [0.15, 0.2) is 5.69 Å². The molecule has 0 saturated heterocycles. The van der Waals surface area contributed by atoms with Gasteiger partial charge in [0.1, 0.15) is 18.1 Å². The lowest BCUT2D eigenvalue weighted by Gasteiger charge is -2.21. The van der Waals surface area contributed by atoms with Crippen LogP contribution in [0.3, 0.4) is 0 Å². The molecule has 3 aromatic rings. The number of rotatable bonds is 3. The standard InChI is InChI=1S/C18H11BrCl2N2O4/c1-26-15-6-14-11(5-13(15)19)17-12(7-27-14)16(18(24)25)22-23(17)10-3-8(20)2-9(21)4-10/h2-6H,7H2,1H3,(H,24,25). The van der Waals surface area contributed by atoms with Crippen LogP contribution in [0.1, 0.15) is 16.1 Å². The molecule has 27 heavy (non-hydrogen) atoms. The molecule has 0 radical (unpaired) electrons. The van der Waals surface area contributed by atoms with E-state index in [2.05, 4.69) is 21.0 Å². The van der Waals surface area contributed by atoms with Crippen LogP contribution in [-0.2, 0) is 6.61 Å². The normalized spacial score (nSPS) is 12.1. The molecule has 0 atom stereocenters. The van der Waals surface area contributed by atoms with Crippen molar-refractivity contribution >= 4 is 45.1 Å². The third-order valence-corrected chi connectivity index (χ3v) is 5.22. The summed E-state index contributed by atoms with van der Waals surface area (Å²) in [6, 6.07) is 8.48. The molecule has 2 heterocycles. The minimum absolute atomic E-state index is 0.0725. The molecule has 0 unspecified atom stereocenters. The SMILES string of the molecule is COc1cc2c(cc1Br)-c1c(c(C(=O)O)nn1-c1cc(Cl)cc(Cl)c1)CO2. The molecule has 1 aliphatic rings. The first-order valence-corrected chi connectivity index (χ1v) is 9.26. The van der Waals surface area contributed by atoms with Gasteiger partial charge in [-0.1, -0.05) is 23.2 Å². The predicted octanol–water partition coefficient (Wildman–Crippen LogP) is 5.21. The first kappa shape index (κ1) is 18.2. The van der Waals surface area contributed by atoms with Crippen LogP contribution in [-0.4, -0.2) is 28.0 Å². The van der Waals surface area contributed by atoms with Crippen LogP contribution >= 0.6 is 39.1 Å². The number of hydrogen-bond acceptors (Lipinski definition) is 4. The smallest absolute Gasteiger partial charge is 0.356 e. The number of carbonyl (C=O) groups is 1. The summed E-state index contributed by atoms with van der Waals surface area (Å²) in [6.45, 7) is 0.0725. The maximum absolute atomic E-state index is 11.7. The van der Waals surface area contributed by atoms with Crippen LogP contribution in [0.2, 0.25) is 10.0 Å². The van der Waals surface area contributed by atoms with E-state index in [0.29, 0.717) is 48.5 Å². The number of halogens is 3. The largest absolute Gasteiger partial charge is 0.495 e. The van der Waals surface area contributed by atoms with Crippen molar-refractivity contribution in [1.29, 1.82) is 0 Å². The Labute approximate surface area is 172 Å². The van der Waals surface area contributed by atoms with Gasteiger partial charge in [0.2, 0.25) is 0 Å². The third-order valence-electron chi connectivity index (χ3n) is 4.16. The number of aromatic nitrogens is 2. The molecule has 1 aliphatic heterocycles. The predicted molar refractivity (Wildman–Crippen MR) is 105 cm³/mol. The maximum atomic E-state index is 11.7.